The van der Waals surface area contributed by atoms with E-state index in [1.807, 2.05) is 24.4 Å². The summed E-state index contributed by atoms with van der Waals surface area (Å²) in [6.45, 7) is 3.82. The molecule has 2 aromatic rings. The van der Waals surface area contributed by atoms with E-state index in [1.54, 1.807) is 18.2 Å². The van der Waals surface area contributed by atoms with Gasteiger partial charge in [0.05, 0.1) is 5.57 Å². The molecule has 23 heavy (non-hydrogen) atoms. The first kappa shape index (κ1) is 17.4. The summed E-state index contributed by atoms with van der Waals surface area (Å²) in [6.07, 6.45) is 2.55. The van der Waals surface area contributed by atoms with Crippen LogP contribution in [0.15, 0.2) is 41.8 Å². The Balaban J connectivity index is 2.09. The molecule has 122 valence electrons. The second kappa shape index (κ2) is 9.22. The molecule has 3 nitrogen and oxygen atoms in total. The van der Waals surface area contributed by atoms with Crippen molar-refractivity contribution in [2.45, 2.75) is 13.3 Å². The number of amides is 1. The topological polar surface area (TPSA) is 38.3 Å². The minimum absolute atomic E-state index is 0.131. The number of carbonyl (C=O) groups excluding carboxylic acids is 1. The summed E-state index contributed by atoms with van der Waals surface area (Å²) in [6, 6.07) is 9.90. The van der Waals surface area contributed by atoms with Gasteiger partial charge in [0.2, 0.25) is 0 Å². The molecule has 0 fully saturated rings. The summed E-state index contributed by atoms with van der Waals surface area (Å²) in [5, 5.41) is 4.83. The summed E-state index contributed by atoms with van der Waals surface area (Å²) in [4.78, 5) is 13.3. The molecule has 0 aliphatic rings. The molecular weight excluding hydrogens is 313 g/mol. The minimum atomic E-state index is -0.291. The fourth-order valence-corrected chi connectivity index (χ4v) is 2.76. The minimum Gasteiger partial charge on any atom is -0.382 e. The lowest BCUT2D eigenvalue weighted by molar-refractivity contribution is -0.115. The largest absolute Gasteiger partial charge is 0.382 e. The van der Waals surface area contributed by atoms with Crippen molar-refractivity contribution in [1.82, 2.24) is 5.32 Å². The molecule has 0 saturated carbocycles. The van der Waals surface area contributed by atoms with E-state index < -0.39 is 0 Å². The molecular formula is C18H20FNO2S. The van der Waals surface area contributed by atoms with Crippen molar-refractivity contribution in [3.05, 3.63) is 58.0 Å². The van der Waals surface area contributed by atoms with E-state index in [0.717, 1.165) is 16.9 Å². The molecule has 0 aliphatic carbocycles. The van der Waals surface area contributed by atoms with E-state index in [4.69, 9.17) is 4.74 Å². The van der Waals surface area contributed by atoms with Crippen molar-refractivity contribution in [3.8, 4) is 0 Å². The molecule has 1 heterocycles. The second-order valence-corrected chi connectivity index (χ2v) is 5.84. The Labute approximate surface area is 139 Å². The molecule has 1 aromatic carbocycles. The van der Waals surface area contributed by atoms with Crippen molar-refractivity contribution < 1.29 is 13.9 Å². The fraction of sp³-hybridized carbons (Fsp3) is 0.278. The van der Waals surface area contributed by atoms with Gasteiger partial charge in [-0.1, -0.05) is 18.2 Å². The SMILES string of the molecule is CCOCCCNC(=O)/C(=C/c1ccc(F)cc1)c1cccs1. The van der Waals surface area contributed by atoms with Gasteiger partial charge in [-0.05, 0) is 48.6 Å². The van der Waals surface area contributed by atoms with Crippen LogP contribution in [0.2, 0.25) is 0 Å². The first-order valence-corrected chi connectivity index (χ1v) is 8.45. The Morgan fingerprint density at radius 2 is 2.09 bits per heavy atom. The third-order valence-corrected chi connectivity index (χ3v) is 4.07. The van der Waals surface area contributed by atoms with Crippen LogP contribution in [0.1, 0.15) is 23.8 Å². The Hall–Kier alpha value is -1.98. The summed E-state index contributed by atoms with van der Waals surface area (Å²) in [5.74, 6) is -0.423. The van der Waals surface area contributed by atoms with Gasteiger partial charge in [0.1, 0.15) is 5.82 Å². The zero-order valence-corrected chi connectivity index (χ0v) is 13.9. The summed E-state index contributed by atoms with van der Waals surface area (Å²) in [7, 11) is 0. The Morgan fingerprint density at radius 1 is 1.30 bits per heavy atom. The van der Waals surface area contributed by atoms with Gasteiger partial charge in [-0.15, -0.1) is 11.3 Å². The smallest absolute Gasteiger partial charge is 0.252 e. The standard InChI is InChI=1S/C18H20FNO2S/c1-2-22-11-4-10-20-18(21)16(17-5-3-12-23-17)13-14-6-8-15(19)9-7-14/h3,5-9,12-13H,2,4,10-11H2,1H3,(H,20,21)/b16-13+. The van der Waals surface area contributed by atoms with Gasteiger partial charge in [0, 0.05) is 24.6 Å². The van der Waals surface area contributed by atoms with E-state index in [2.05, 4.69) is 5.32 Å². The van der Waals surface area contributed by atoms with Crippen LogP contribution in [0.4, 0.5) is 4.39 Å². The quantitative estimate of drug-likeness (QED) is 0.586. The van der Waals surface area contributed by atoms with Crippen molar-refractivity contribution in [2.75, 3.05) is 19.8 Å². The molecule has 5 heteroatoms. The van der Waals surface area contributed by atoms with Crippen LogP contribution in [0.3, 0.4) is 0 Å². The highest BCUT2D eigenvalue weighted by Crippen LogP contribution is 2.23. The van der Waals surface area contributed by atoms with Gasteiger partial charge in [0.15, 0.2) is 0 Å². The molecule has 0 aliphatic heterocycles. The maximum Gasteiger partial charge on any atom is 0.252 e. The Bertz CT molecular complexity index is 636. The molecule has 0 saturated heterocycles. The van der Waals surface area contributed by atoms with Crippen LogP contribution >= 0.6 is 11.3 Å². The molecule has 1 N–H and O–H groups in total. The average molecular weight is 333 g/mol. The van der Waals surface area contributed by atoms with Crippen LogP contribution in [-0.4, -0.2) is 25.7 Å². The number of nitrogens with one attached hydrogen (secondary N) is 1. The second-order valence-electron chi connectivity index (χ2n) is 4.89. The lowest BCUT2D eigenvalue weighted by atomic mass is 10.1. The lowest BCUT2D eigenvalue weighted by Crippen LogP contribution is -2.26. The number of halogens is 1. The number of hydrogen-bond acceptors (Lipinski definition) is 3. The first-order valence-electron chi connectivity index (χ1n) is 7.58. The van der Waals surface area contributed by atoms with Crippen LogP contribution in [-0.2, 0) is 9.53 Å². The normalized spacial score (nSPS) is 11.5. The Morgan fingerprint density at radius 3 is 2.74 bits per heavy atom. The summed E-state index contributed by atoms with van der Waals surface area (Å²) < 4.78 is 18.3. The maximum absolute atomic E-state index is 13.0. The highest BCUT2D eigenvalue weighted by Gasteiger charge is 2.12. The van der Waals surface area contributed by atoms with Gasteiger partial charge in [-0.25, -0.2) is 4.39 Å². The highest BCUT2D eigenvalue weighted by molar-refractivity contribution is 7.11. The zero-order valence-electron chi connectivity index (χ0n) is 13.0. The summed E-state index contributed by atoms with van der Waals surface area (Å²) in [5.41, 5.74) is 1.38. The molecule has 2 rings (SSSR count). The zero-order chi connectivity index (χ0) is 16.5. The van der Waals surface area contributed by atoms with E-state index in [9.17, 15) is 9.18 Å². The van der Waals surface area contributed by atoms with Crippen LogP contribution in [0.25, 0.3) is 11.6 Å². The molecule has 0 radical (unpaired) electrons. The van der Waals surface area contributed by atoms with Gasteiger partial charge in [-0.2, -0.15) is 0 Å². The van der Waals surface area contributed by atoms with Crippen molar-refractivity contribution in [1.29, 1.82) is 0 Å². The molecule has 0 spiro atoms. The predicted molar refractivity (Wildman–Crippen MR) is 92.7 cm³/mol. The predicted octanol–water partition coefficient (Wildman–Crippen LogP) is 3.97. The average Bonchev–Trinajstić information content (AvgIpc) is 3.08. The fourth-order valence-electron chi connectivity index (χ4n) is 2.02. The molecule has 0 bridgehead atoms. The summed E-state index contributed by atoms with van der Waals surface area (Å²) >= 11 is 1.50. The molecule has 1 amide bonds. The molecule has 0 unspecified atom stereocenters. The van der Waals surface area contributed by atoms with E-state index in [1.165, 1.54) is 23.5 Å². The molecule has 0 atom stereocenters. The van der Waals surface area contributed by atoms with E-state index >= 15 is 0 Å². The van der Waals surface area contributed by atoms with Crippen LogP contribution in [0.5, 0.6) is 0 Å². The number of benzene rings is 1. The monoisotopic (exact) mass is 333 g/mol. The van der Waals surface area contributed by atoms with Crippen molar-refractivity contribution >= 4 is 28.9 Å². The number of ether oxygens (including phenoxy) is 1. The van der Waals surface area contributed by atoms with Crippen LogP contribution in [0, 0.1) is 5.82 Å². The molecule has 1 aromatic heterocycles. The van der Waals surface area contributed by atoms with E-state index in [-0.39, 0.29) is 11.7 Å². The Kier molecular flexibility index (Phi) is 6.97. The number of hydrogen-bond donors (Lipinski definition) is 1. The third kappa shape index (κ3) is 5.62. The van der Waals surface area contributed by atoms with Gasteiger partial charge >= 0.3 is 0 Å². The van der Waals surface area contributed by atoms with Crippen molar-refractivity contribution in [3.63, 3.8) is 0 Å². The maximum atomic E-state index is 13.0. The lowest BCUT2D eigenvalue weighted by Gasteiger charge is -2.08. The highest BCUT2D eigenvalue weighted by atomic mass is 32.1. The number of carbonyl (C=O) groups is 1. The number of thiophene rings is 1. The van der Waals surface area contributed by atoms with Gasteiger partial charge in [0.25, 0.3) is 5.91 Å². The number of rotatable bonds is 8. The first-order chi connectivity index (χ1) is 11.2. The van der Waals surface area contributed by atoms with Gasteiger partial charge < -0.3 is 10.1 Å². The third-order valence-electron chi connectivity index (χ3n) is 3.17. The van der Waals surface area contributed by atoms with Crippen LogP contribution < -0.4 is 5.32 Å². The van der Waals surface area contributed by atoms with E-state index in [0.29, 0.717) is 25.3 Å². The van der Waals surface area contributed by atoms with Gasteiger partial charge in [-0.3, -0.25) is 4.79 Å². The van der Waals surface area contributed by atoms with Crippen molar-refractivity contribution in [2.24, 2.45) is 0 Å².